The van der Waals surface area contributed by atoms with Gasteiger partial charge in [-0.3, -0.25) is 9.72 Å². The van der Waals surface area contributed by atoms with Gasteiger partial charge in [-0.1, -0.05) is 38.1 Å². The van der Waals surface area contributed by atoms with Crippen LogP contribution in [0.4, 0.5) is 16.3 Å². The van der Waals surface area contributed by atoms with Gasteiger partial charge in [0, 0.05) is 58.8 Å². The number of nitrogens with one attached hydrogen (secondary N) is 2. The van der Waals surface area contributed by atoms with Gasteiger partial charge in [0.15, 0.2) is 10.8 Å². The lowest BCUT2D eigenvalue weighted by Crippen LogP contribution is -2.19. The topological polar surface area (TPSA) is 89.4 Å². The van der Waals surface area contributed by atoms with Gasteiger partial charge < -0.3 is 14.4 Å². The van der Waals surface area contributed by atoms with Crippen molar-refractivity contribution in [2.45, 2.75) is 39.0 Å². The molecule has 0 bridgehead atoms. The van der Waals surface area contributed by atoms with Crippen LogP contribution in [-0.2, 0) is 25.3 Å². The number of thiazole rings is 1. The van der Waals surface area contributed by atoms with Crippen molar-refractivity contribution in [2.24, 2.45) is 7.05 Å². The van der Waals surface area contributed by atoms with Gasteiger partial charge in [0.25, 0.3) is 0 Å². The van der Waals surface area contributed by atoms with E-state index in [9.17, 15) is 4.79 Å². The van der Waals surface area contributed by atoms with Crippen LogP contribution in [0.5, 0.6) is 0 Å². The Morgan fingerprint density at radius 3 is 2.63 bits per heavy atom. The Kier molecular flexibility index (Phi) is 4.86. The number of anilines is 2. The van der Waals surface area contributed by atoms with E-state index in [2.05, 4.69) is 50.4 Å². The molecule has 0 aliphatic heterocycles. The molecule has 5 aromatic rings. The molecule has 9 heteroatoms. The Morgan fingerprint density at radius 2 is 1.89 bits per heavy atom. The third kappa shape index (κ3) is 3.91. The molecule has 0 saturated heterocycles. The minimum Gasteiger partial charge on any atom is -0.359 e. The van der Waals surface area contributed by atoms with Crippen molar-refractivity contribution >= 4 is 33.8 Å². The molecule has 0 atom stereocenters. The lowest BCUT2D eigenvalue weighted by atomic mass is 9.93. The zero-order valence-electron chi connectivity index (χ0n) is 20.0. The number of hydrogen-bond acceptors (Lipinski definition) is 5. The van der Waals surface area contributed by atoms with Crippen molar-refractivity contribution in [3.63, 3.8) is 0 Å². The van der Waals surface area contributed by atoms with Crippen LogP contribution in [0.1, 0.15) is 37.0 Å². The molecule has 178 valence electrons. The van der Waals surface area contributed by atoms with Crippen LogP contribution in [0.2, 0.25) is 0 Å². The Bertz CT molecular complexity index is 1560. The average molecular weight is 487 g/mol. The lowest BCUT2D eigenvalue weighted by Gasteiger charge is -2.12. The molecule has 0 unspecified atom stereocenters. The molecule has 0 saturated carbocycles. The van der Waals surface area contributed by atoms with Gasteiger partial charge in [-0.2, -0.15) is 0 Å². The molecule has 4 aromatic heterocycles. The van der Waals surface area contributed by atoms with E-state index in [1.165, 1.54) is 21.7 Å². The number of nitrogens with zero attached hydrogens (tertiary/aromatic N) is 4. The summed E-state index contributed by atoms with van der Waals surface area (Å²) >= 11 is 1.77. The Hall–Kier alpha value is -3.85. The Morgan fingerprint density at radius 1 is 1.09 bits per heavy atom. The molecule has 4 heterocycles. The second-order valence-corrected chi connectivity index (χ2v) is 11.1. The summed E-state index contributed by atoms with van der Waals surface area (Å²) in [4.78, 5) is 19.7. The number of carbonyl (C=O) groups is 1. The predicted molar refractivity (Wildman–Crippen MR) is 138 cm³/mol. The zero-order chi connectivity index (χ0) is 24.3. The molecule has 2 N–H and O–H groups in total. The monoisotopic (exact) mass is 486 g/mol. The number of amides is 2. The second-order valence-electron chi connectivity index (χ2n) is 10.00. The van der Waals surface area contributed by atoms with Crippen LogP contribution in [0.15, 0.2) is 53.4 Å². The number of fused-ring (bicyclic) bond motifs is 5. The van der Waals surface area contributed by atoms with Crippen LogP contribution in [0.25, 0.3) is 27.5 Å². The highest BCUT2D eigenvalue weighted by Gasteiger charge is 2.24. The van der Waals surface area contributed by atoms with Gasteiger partial charge in [-0.15, -0.1) is 11.3 Å². The summed E-state index contributed by atoms with van der Waals surface area (Å²) in [7, 11) is 2.07. The molecule has 6 rings (SSSR count). The molecule has 0 radical (unpaired) electrons. The SMILES string of the molecule is Cn1cc2c(c1)-c1c(sc3nc(-c4ccc(NC(=O)Nc5cc(C(C)(C)C)on5)cc4)cn13)CC2. The minimum atomic E-state index is -0.376. The number of hydrogen-bond donors (Lipinski definition) is 2. The molecule has 1 aliphatic carbocycles. The first-order valence-corrected chi connectivity index (χ1v) is 12.4. The molecule has 1 aromatic carbocycles. The lowest BCUT2D eigenvalue weighted by molar-refractivity contribution is 0.262. The smallest absolute Gasteiger partial charge is 0.324 e. The third-order valence-electron chi connectivity index (χ3n) is 6.24. The summed E-state index contributed by atoms with van der Waals surface area (Å²) in [5.74, 6) is 1.09. The van der Waals surface area contributed by atoms with Gasteiger partial charge in [0.1, 0.15) is 5.76 Å². The van der Waals surface area contributed by atoms with Crippen molar-refractivity contribution in [1.29, 1.82) is 0 Å². The van der Waals surface area contributed by atoms with E-state index in [-0.39, 0.29) is 11.4 Å². The first-order valence-electron chi connectivity index (χ1n) is 11.6. The van der Waals surface area contributed by atoms with E-state index in [0.29, 0.717) is 17.3 Å². The zero-order valence-corrected chi connectivity index (χ0v) is 20.9. The minimum absolute atomic E-state index is 0.177. The second kappa shape index (κ2) is 7.84. The maximum atomic E-state index is 12.4. The molecule has 35 heavy (non-hydrogen) atoms. The highest BCUT2D eigenvalue weighted by Crippen LogP contribution is 2.40. The summed E-state index contributed by atoms with van der Waals surface area (Å²) in [5.41, 5.74) is 6.37. The standard InChI is InChI=1S/C26H26N6O2S/c1-26(2,3)21-11-22(30-34-21)29-24(33)27-17-8-5-15(6-9-17)19-14-32-23-18-13-31(4)12-16(18)7-10-20(23)35-25(32)28-19/h5-6,8-9,11-14H,7,10H2,1-4H3,(H2,27,29,30,33). The van der Waals surface area contributed by atoms with Gasteiger partial charge in [-0.25, -0.2) is 9.78 Å². The van der Waals surface area contributed by atoms with Crippen molar-refractivity contribution in [3.05, 3.63) is 65.1 Å². The van der Waals surface area contributed by atoms with E-state index in [1.54, 1.807) is 17.4 Å². The molecule has 1 aliphatic rings. The summed E-state index contributed by atoms with van der Waals surface area (Å²) in [6.07, 6.45) is 8.67. The number of benzene rings is 1. The van der Waals surface area contributed by atoms with Gasteiger partial charge >= 0.3 is 6.03 Å². The predicted octanol–water partition coefficient (Wildman–Crippen LogP) is 6.10. The molecule has 0 spiro atoms. The molecule has 0 fully saturated rings. The molecular weight excluding hydrogens is 460 g/mol. The summed E-state index contributed by atoms with van der Waals surface area (Å²) < 4.78 is 9.67. The van der Waals surface area contributed by atoms with E-state index < -0.39 is 0 Å². The number of rotatable bonds is 3. The van der Waals surface area contributed by atoms with Gasteiger partial charge in [-0.05, 0) is 30.5 Å². The van der Waals surface area contributed by atoms with Crippen molar-refractivity contribution < 1.29 is 9.32 Å². The third-order valence-corrected chi connectivity index (χ3v) is 7.35. The van der Waals surface area contributed by atoms with Crippen molar-refractivity contribution in [1.82, 2.24) is 19.1 Å². The normalized spacial score (nSPS) is 13.0. The highest BCUT2D eigenvalue weighted by molar-refractivity contribution is 7.17. The quantitative estimate of drug-likeness (QED) is 0.323. The van der Waals surface area contributed by atoms with Crippen LogP contribution < -0.4 is 10.6 Å². The van der Waals surface area contributed by atoms with E-state index in [0.717, 1.165) is 29.1 Å². The molecular formula is C26H26N6O2S. The fourth-order valence-electron chi connectivity index (χ4n) is 4.47. The average Bonchev–Trinajstić information content (AvgIpc) is 3.55. The van der Waals surface area contributed by atoms with Gasteiger partial charge in [0.2, 0.25) is 0 Å². The molecule has 2 amide bonds. The largest absolute Gasteiger partial charge is 0.359 e. The van der Waals surface area contributed by atoms with Crippen LogP contribution in [-0.4, -0.2) is 25.1 Å². The van der Waals surface area contributed by atoms with E-state index >= 15 is 0 Å². The Labute approximate surface area is 206 Å². The van der Waals surface area contributed by atoms with Crippen LogP contribution >= 0.6 is 11.3 Å². The first-order chi connectivity index (χ1) is 16.7. The molecule has 8 nitrogen and oxygen atoms in total. The summed E-state index contributed by atoms with van der Waals surface area (Å²) in [6, 6.07) is 9.04. The summed E-state index contributed by atoms with van der Waals surface area (Å²) in [6.45, 7) is 6.07. The first kappa shape index (κ1) is 21.7. The maximum Gasteiger partial charge on any atom is 0.324 e. The number of urea groups is 1. The van der Waals surface area contributed by atoms with E-state index in [4.69, 9.17) is 9.51 Å². The number of carbonyl (C=O) groups excluding carboxylic acids is 1. The van der Waals surface area contributed by atoms with Crippen LogP contribution in [0.3, 0.4) is 0 Å². The summed E-state index contributed by atoms with van der Waals surface area (Å²) in [5, 5.41) is 9.47. The van der Waals surface area contributed by atoms with E-state index in [1.807, 2.05) is 45.0 Å². The fraction of sp³-hybridized carbons (Fsp3) is 0.269. The fourth-order valence-corrected chi connectivity index (χ4v) is 5.58. The Balaban J connectivity index is 1.19. The number of aryl methyl sites for hydroxylation is 3. The highest BCUT2D eigenvalue weighted by atomic mass is 32.1. The maximum absolute atomic E-state index is 12.4. The number of imidazole rings is 1. The number of aromatic nitrogens is 4. The van der Waals surface area contributed by atoms with Crippen LogP contribution in [0, 0.1) is 0 Å². The van der Waals surface area contributed by atoms with Crippen molar-refractivity contribution in [3.8, 4) is 22.5 Å². The van der Waals surface area contributed by atoms with Gasteiger partial charge in [0.05, 0.1) is 11.4 Å². The van der Waals surface area contributed by atoms with Crippen molar-refractivity contribution in [2.75, 3.05) is 10.6 Å².